The highest BCUT2D eigenvalue weighted by Crippen LogP contribution is 2.20. The van der Waals surface area contributed by atoms with E-state index in [4.69, 9.17) is 4.52 Å². The number of aromatic nitrogens is 3. The van der Waals surface area contributed by atoms with Crippen molar-refractivity contribution in [3.05, 3.63) is 47.3 Å². The van der Waals surface area contributed by atoms with Crippen molar-refractivity contribution in [2.24, 2.45) is 0 Å². The second-order valence-corrected chi connectivity index (χ2v) is 5.39. The molecule has 3 aromatic heterocycles. The number of thiazole rings is 1. The molecule has 22 heavy (non-hydrogen) atoms. The van der Waals surface area contributed by atoms with Crippen molar-refractivity contribution in [1.82, 2.24) is 15.1 Å². The number of aryl methyl sites for hydroxylation is 1. The maximum absolute atomic E-state index is 11.9. The molecule has 3 aromatic rings. The van der Waals surface area contributed by atoms with Crippen LogP contribution in [0, 0.1) is 6.92 Å². The number of carbonyl (C=O) groups is 1. The van der Waals surface area contributed by atoms with Crippen molar-refractivity contribution in [1.29, 1.82) is 0 Å². The van der Waals surface area contributed by atoms with Gasteiger partial charge in [0, 0.05) is 17.6 Å². The Bertz CT molecular complexity index is 768. The molecule has 7 nitrogen and oxygen atoms in total. The van der Waals surface area contributed by atoms with E-state index in [0.717, 1.165) is 0 Å². The Morgan fingerprint density at radius 3 is 3.00 bits per heavy atom. The predicted octanol–water partition coefficient (Wildman–Crippen LogP) is 2.76. The molecule has 0 aliphatic carbocycles. The summed E-state index contributed by atoms with van der Waals surface area (Å²) in [6.45, 7) is 1.76. The monoisotopic (exact) mass is 315 g/mol. The van der Waals surface area contributed by atoms with E-state index in [1.807, 2.05) is 23.6 Å². The fraction of sp³-hybridized carbons (Fsp3) is 0.143. The van der Waals surface area contributed by atoms with Crippen LogP contribution in [0.4, 0.5) is 16.8 Å². The first-order valence-electron chi connectivity index (χ1n) is 6.55. The molecule has 0 aromatic carbocycles. The Labute approximate surface area is 130 Å². The normalized spacial score (nSPS) is 10.4. The van der Waals surface area contributed by atoms with Gasteiger partial charge in [-0.2, -0.15) is 0 Å². The second-order valence-electron chi connectivity index (χ2n) is 4.53. The number of carbonyl (C=O) groups excluding carboxylic acids is 1. The number of hydrogen-bond acceptors (Lipinski definition) is 7. The second kappa shape index (κ2) is 6.35. The van der Waals surface area contributed by atoms with Crippen LogP contribution in [-0.2, 0) is 11.2 Å². The summed E-state index contributed by atoms with van der Waals surface area (Å²) >= 11 is 1.42. The smallest absolute Gasteiger partial charge is 0.231 e. The van der Waals surface area contributed by atoms with Crippen molar-refractivity contribution < 1.29 is 9.32 Å². The minimum Gasteiger partial charge on any atom is -0.360 e. The van der Waals surface area contributed by atoms with Crippen LogP contribution in [0.25, 0.3) is 0 Å². The molecule has 0 fully saturated rings. The number of pyridine rings is 1. The molecule has 3 rings (SSSR count). The van der Waals surface area contributed by atoms with Gasteiger partial charge in [0.05, 0.1) is 12.1 Å². The van der Waals surface area contributed by atoms with Gasteiger partial charge in [0.2, 0.25) is 5.91 Å². The molecular weight excluding hydrogens is 302 g/mol. The highest BCUT2D eigenvalue weighted by atomic mass is 32.1. The van der Waals surface area contributed by atoms with Gasteiger partial charge in [-0.25, -0.2) is 9.97 Å². The van der Waals surface area contributed by atoms with E-state index in [1.165, 1.54) is 11.3 Å². The van der Waals surface area contributed by atoms with Crippen molar-refractivity contribution in [3.8, 4) is 0 Å². The van der Waals surface area contributed by atoms with Gasteiger partial charge >= 0.3 is 0 Å². The fourth-order valence-corrected chi connectivity index (χ4v) is 2.49. The van der Waals surface area contributed by atoms with E-state index in [1.54, 1.807) is 19.2 Å². The summed E-state index contributed by atoms with van der Waals surface area (Å²) in [5.41, 5.74) is 0.682. The molecule has 0 spiro atoms. The van der Waals surface area contributed by atoms with Crippen molar-refractivity contribution >= 4 is 34.0 Å². The Hall–Kier alpha value is -2.74. The zero-order valence-corrected chi connectivity index (χ0v) is 12.6. The summed E-state index contributed by atoms with van der Waals surface area (Å²) in [4.78, 5) is 20.4. The fourth-order valence-electron chi connectivity index (χ4n) is 1.77. The van der Waals surface area contributed by atoms with Gasteiger partial charge < -0.3 is 15.2 Å². The molecule has 1 amide bonds. The maximum Gasteiger partial charge on any atom is 0.231 e. The van der Waals surface area contributed by atoms with Crippen molar-refractivity contribution in [3.63, 3.8) is 0 Å². The zero-order valence-electron chi connectivity index (χ0n) is 11.7. The third-order valence-corrected chi connectivity index (χ3v) is 3.50. The van der Waals surface area contributed by atoms with Crippen LogP contribution in [-0.4, -0.2) is 21.0 Å². The van der Waals surface area contributed by atoms with E-state index in [9.17, 15) is 4.79 Å². The predicted molar refractivity (Wildman–Crippen MR) is 83.2 cm³/mol. The number of hydrogen-bond donors (Lipinski definition) is 2. The van der Waals surface area contributed by atoms with Crippen LogP contribution in [0.3, 0.4) is 0 Å². The molecule has 0 saturated carbocycles. The van der Waals surface area contributed by atoms with Gasteiger partial charge in [-0.15, -0.1) is 11.3 Å². The van der Waals surface area contributed by atoms with Gasteiger partial charge in [0.15, 0.2) is 10.9 Å². The van der Waals surface area contributed by atoms with Crippen LogP contribution in [0.15, 0.2) is 40.4 Å². The number of rotatable bonds is 5. The van der Waals surface area contributed by atoms with Gasteiger partial charge in [-0.3, -0.25) is 4.79 Å². The summed E-state index contributed by atoms with van der Waals surface area (Å²) < 4.78 is 4.89. The summed E-state index contributed by atoms with van der Waals surface area (Å²) in [6, 6.07) is 7.24. The SMILES string of the molecule is Cc1cc(NC(=O)Cc2csc(Nc3ccccn3)n2)no1. The Balaban J connectivity index is 1.58. The molecule has 0 radical (unpaired) electrons. The number of amides is 1. The zero-order chi connectivity index (χ0) is 15.4. The third kappa shape index (κ3) is 3.67. The topological polar surface area (TPSA) is 92.9 Å². The van der Waals surface area contributed by atoms with Gasteiger partial charge in [-0.1, -0.05) is 11.2 Å². The average molecular weight is 315 g/mol. The molecule has 0 saturated heterocycles. The standard InChI is InChI=1S/C14H13N5O2S/c1-9-6-12(19-21-9)17-13(20)7-10-8-22-14(16-10)18-11-4-2-3-5-15-11/h2-6,8H,7H2,1H3,(H,15,16,18)(H,17,19,20). The summed E-state index contributed by atoms with van der Waals surface area (Å²) in [5, 5.41) is 12.0. The third-order valence-electron chi connectivity index (χ3n) is 2.69. The number of nitrogens with zero attached hydrogens (tertiary/aromatic N) is 3. The lowest BCUT2D eigenvalue weighted by molar-refractivity contribution is -0.115. The summed E-state index contributed by atoms with van der Waals surface area (Å²) in [7, 11) is 0. The first-order chi connectivity index (χ1) is 10.7. The van der Waals surface area contributed by atoms with E-state index < -0.39 is 0 Å². The van der Waals surface area contributed by atoms with E-state index in [-0.39, 0.29) is 12.3 Å². The minimum absolute atomic E-state index is 0.173. The first kappa shape index (κ1) is 14.2. The number of nitrogens with one attached hydrogen (secondary N) is 2. The van der Waals surface area contributed by atoms with Crippen LogP contribution in [0.2, 0.25) is 0 Å². The highest BCUT2D eigenvalue weighted by molar-refractivity contribution is 7.13. The molecule has 8 heteroatoms. The van der Waals surface area contributed by atoms with E-state index >= 15 is 0 Å². The van der Waals surface area contributed by atoms with Crippen LogP contribution in [0.1, 0.15) is 11.5 Å². The molecule has 0 unspecified atom stereocenters. The van der Waals surface area contributed by atoms with Gasteiger partial charge in [0.1, 0.15) is 11.6 Å². The Morgan fingerprint density at radius 1 is 1.36 bits per heavy atom. The lowest BCUT2D eigenvalue weighted by atomic mass is 10.3. The van der Waals surface area contributed by atoms with Crippen LogP contribution >= 0.6 is 11.3 Å². The molecular formula is C14H13N5O2S. The summed E-state index contributed by atoms with van der Waals surface area (Å²) in [6.07, 6.45) is 1.87. The summed E-state index contributed by atoms with van der Waals surface area (Å²) in [5.74, 6) is 1.57. The van der Waals surface area contributed by atoms with E-state index in [0.29, 0.717) is 28.2 Å². The van der Waals surface area contributed by atoms with Crippen molar-refractivity contribution in [2.45, 2.75) is 13.3 Å². The Morgan fingerprint density at radius 2 is 2.27 bits per heavy atom. The molecule has 0 atom stereocenters. The maximum atomic E-state index is 11.9. The molecule has 3 heterocycles. The van der Waals surface area contributed by atoms with E-state index in [2.05, 4.69) is 25.8 Å². The Kier molecular flexibility index (Phi) is 4.10. The highest BCUT2D eigenvalue weighted by Gasteiger charge is 2.10. The lowest BCUT2D eigenvalue weighted by Crippen LogP contribution is -2.14. The first-order valence-corrected chi connectivity index (χ1v) is 7.42. The average Bonchev–Trinajstić information content (AvgIpc) is 3.09. The van der Waals surface area contributed by atoms with Crippen molar-refractivity contribution in [2.75, 3.05) is 10.6 Å². The van der Waals surface area contributed by atoms with Crippen LogP contribution < -0.4 is 10.6 Å². The largest absolute Gasteiger partial charge is 0.360 e. The van der Waals surface area contributed by atoms with Crippen LogP contribution in [0.5, 0.6) is 0 Å². The molecule has 112 valence electrons. The quantitative estimate of drug-likeness (QED) is 0.752. The number of anilines is 3. The minimum atomic E-state index is -0.192. The molecule has 0 aliphatic heterocycles. The lowest BCUT2D eigenvalue weighted by Gasteiger charge is -2.00. The molecule has 0 aliphatic rings. The molecule has 2 N–H and O–H groups in total. The molecule has 0 bridgehead atoms. The van der Waals surface area contributed by atoms with Gasteiger partial charge in [-0.05, 0) is 19.1 Å². The van der Waals surface area contributed by atoms with Gasteiger partial charge in [0.25, 0.3) is 0 Å².